The summed E-state index contributed by atoms with van der Waals surface area (Å²) in [6.45, 7) is 1.50. The highest BCUT2D eigenvalue weighted by atomic mass is 19.4. The molecule has 2 fully saturated rings. The Bertz CT molecular complexity index is 967. The van der Waals surface area contributed by atoms with Crippen molar-refractivity contribution in [2.75, 3.05) is 13.2 Å². The fourth-order valence-corrected chi connectivity index (χ4v) is 4.74. The van der Waals surface area contributed by atoms with Crippen LogP contribution in [0.5, 0.6) is 0 Å². The van der Waals surface area contributed by atoms with Gasteiger partial charge < -0.3 is 5.73 Å². The van der Waals surface area contributed by atoms with E-state index in [4.69, 9.17) is 5.73 Å². The summed E-state index contributed by atoms with van der Waals surface area (Å²) < 4.78 is 54.3. The SMILES string of the molecule is NC(=O)Cc1ccc(CNC2NCNC(N3CCCC3c3ccc(C(F)(F)F)cc3)C2F)cc1. The Labute approximate surface area is 195 Å². The van der Waals surface area contributed by atoms with E-state index in [0.29, 0.717) is 19.8 Å². The van der Waals surface area contributed by atoms with Crippen LogP contribution in [0, 0.1) is 0 Å². The number of nitrogens with two attached hydrogens (primary N) is 1. The molecular weight excluding hydrogens is 450 g/mol. The van der Waals surface area contributed by atoms with Gasteiger partial charge in [-0.05, 0) is 41.7 Å². The third-order valence-corrected chi connectivity index (χ3v) is 6.45. The van der Waals surface area contributed by atoms with Crippen LogP contribution in [0.2, 0.25) is 0 Å². The van der Waals surface area contributed by atoms with Crippen molar-refractivity contribution in [2.24, 2.45) is 5.73 Å². The first-order valence-corrected chi connectivity index (χ1v) is 11.4. The summed E-state index contributed by atoms with van der Waals surface area (Å²) >= 11 is 0. The van der Waals surface area contributed by atoms with Crippen LogP contribution < -0.4 is 21.7 Å². The molecule has 34 heavy (non-hydrogen) atoms. The first-order valence-electron chi connectivity index (χ1n) is 11.4. The monoisotopic (exact) mass is 479 g/mol. The molecule has 4 rings (SSSR count). The minimum atomic E-state index is -4.38. The Morgan fingerprint density at radius 1 is 1.06 bits per heavy atom. The van der Waals surface area contributed by atoms with E-state index in [1.54, 1.807) is 0 Å². The molecule has 0 radical (unpaired) electrons. The molecule has 2 saturated heterocycles. The molecule has 1 amide bonds. The first kappa shape index (κ1) is 24.6. The van der Waals surface area contributed by atoms with E-state index in [2.05, 4.69) is 16.0 Å². The normalized spacial score (nSPS) is 26.0. The van der Waals surface area contributed by atoms with Crippen molar-refractivity contribution in [1.29, 1.82) is 0 Å². The van der Waals surface area contributed by atoms with E-state index >= 15 is 4.39 Å². The lowest BCUT2D eigenvalue weighted by molar-refractivity contribution is -0.137. The van der Waals surface area contributed by atoms with Crippen LogP contribution in [0.4, 0.5) is 17.6 Å². The van der Waals surface area contributed by atoms with Crippen molar-refractivity contribution >= 4 is 5.91 Å². The number of hydrogen-bond donors (Lipinski definition) is 4. The second-order valence-corrected chi connectivity index (χ2v) is 8.81. The number of benzene rings is 2. The number of nitrogens with zero attached hydrogens (tertiary/aromatic N) is 1. The Morgan fingerprint density at radius 2 is 1.74 bits per heavy atom. The summed E-state index contributed by atoms with van der Waals surface area (Å²) in [4.78, 5) is 13.1. The Kier molecular flexibility index (Phi) is 7.51. The minimum absolute atomic E-state index is 0.144. The molecule has 2 aliphatic rings. The smallest absolute Gasteiger partial charge is 0.369 e. The van der Waals surface area contributed by atoms with Crippen LogP contribution in [-0.2, 0) is 23.9 Å². The number of rotatable bonds is 7. The molecule has 10 heteroatoms. The van der Waals surface area contributed by atoms with E-state index in [1.165, 1.54) is 12.1 Å². The van der Waals surface area contributed by atoms with Crippen molar-refractivity contribution in [3.05, 3.63) is 70.8 Å². The van der Waals surface area contributed by atoms with Gasteiger partial charge in [0.15, 0.2) is 6.17 Å². The fourth-order valence-electron chi connectivity index (χ4n) is 4.74. The molecular formula is C24H29F4N5O. The van der Waals surface area contributed by atoms with Crippen molar-refractivity contribution in [1.82, 2.24) is 20.9 Å². The number of carbonyl (C=O) groups excluding carboxylic acids is 1. The molecule has 5 N–H and O–H groups in total. The summed E-state index contributed by atoms with van der Waals surface area (Å²) in [5.41, 5.74) is 7.06. The van der Waals surface area contributed by atoms with Gasteiger partial charge in [-0.2, -0.15) is 13.2 Å². The minimum Gasteiger partial charge on any atom is -0.369 e. The molecule has 0 bridgehead atoms. The summed E-state index contributed by atoms with van der Waals surface area (Å²) in [7, 11) is 0. The molecule has 0 saturated carbocycles. The van der Waals surface area contributed by atoms with Gasteiger partial charge in [0.05, 0.1) is 24.3 Å². The number of primary amides is 1. The zero-order chi connectivity index (χ0) is 24.3. The largest absolute Gasteiger partial charge is 0.416 e. The molecule has 6 nitrogen and oxygen atoms in total. The van der Waals surface area contributed by atoms with Gasteiger partial charge in [-0.25, -0.2) is 4.39 Å². The van der Waals surface area contributed by atoms with Crippen molar-refractivity contribution in [2.45, 2.75) is 56.5 Å². The molecule has 4 unspecified atom stereocenters. The lowest BCUT2D eigenvalue weighted by Gasteiger charge is -2.42. The Hall–Kier alpha value is -2.53. The highest BCUT2D eigenvalue weighted by Gasteiger charge is 2.41. The van der Waals surface area contributed by atoms with Crippen LogP contribution in [-0.4, -0.2) is 42.5 Å². The molecule has 2 aliphatic heterocycles. The topological polar surface area (TPSA) is 82.4 Å². The quantitative estimate of drug-likeness (QED) is 0.459. The number of amides is 1. The summed E-state index contributed by atoms with van der Waals surface area (Å²) in [5, 5.41) is 9.49. The van der Waals surface area contributed by atoms with Gasteiger partial charge in [-0.15, -0.1) is 0 Å². The van der Waals surface area contributed by atoms with Crippen LogP contribution in [0.1, 0.15) is 41.1 Å². The maximum atomic E-state index is 15.6. The highest BCUT2D eigenvalue weighted by Crippen LogP contribution is 2.36. The van der Waals surface area contributed by atoms with Crippen molar-refractivity contribution in [3.8, 4) is 0 Å². The summed E-state index contributed by atoms with van der Waals surface area (Å²) in [5.74, 6) is -0.396. The maximum absolute atomic E-state index is 15.6. The molecule has 4 atom stereocenters. The van der Waals surface area contributed by atoms with Crippen LogP contribution in [0.15, 0.2) is 48.5 Å². The number of carbonyl (C=O) groups is 1. The molecule has 0 spiro atoms. The predicted molar refractivity (Wildman–Crippen MR) is 120 cm³/mol. The van der Waals surface area contributed by atoms with Crippen LogP contribution >= 0.6 is 0 Å². The zero-order valence-corrected chi connectivity index (χ0v) is 18.6. The van der Waals surface area contributed by atoms with Gasteiger partial charge in [-0.3, -0.25) is 25.6 Å². The lowest BCUT2D eigenvalue weighted by atomic mass is 10.0. The summed E-state index contributed by atoms with van der Waals surface area (Å²) in [6.07, 6.45) is -5.03. The molecule has 0 aromatic heterocycles. The van der Waals surface area contributed by atoms with Gasteiger partial charge in [0.2, 0.25) is 5.91 Å². The van der Waals surface area contributed by atoms with E-state index in [1.807, 2.05) is 29.2 Å². The van der Waals surface area contributed by atoms with Crippen molar-refractivity contribution < 1.29 is 22.4 Å². The number of nitrogens with one attached hydrogen (secondary N) is 3. The second kappa shape index (κ2) is 10.4. The van der Waals surface area contributed by atoms with Crippen molar-refractivity contribution in [3.63, 3.8) is 0 Å². The predicted octanol–water partition coefficient (Wildman–Crippen LogP) is 2.80. The van der Waals surface area contributed by atoms with Gasteiger partial charge in [0.1, 0.15) is 0 Å². The van der Waals surface area contributed by atoms with Crippen LogP contribution in [0.3, 0.4) is 0 Å². The summed E-state index contributed by atoms with van der Waals surface area (Å²) in [6, 6.07) is 12.4. The molecule has 2 aromatic rings. The van der Waals surface area contributed by atoms with Gasteiger partial charge >= 0.3 is 6.18 Å². The molecule has 2 heterocycles. The second-order valence-electron chi connectivity index (χ2n) is 8.81. The van der Waals surface area contributed by atoms with Gasteiger partial charge in [0.25, 0.3) is 0 Å². The zero-order valence-electron chi connectivity index (χ0n) is 18.6. The van der Waals surface area contributed by atoms with E-state index < -0.39 is 36.2 Å². The molecule has 184 valence electrons. The van der Waals surface area contributed by atoms with E-state index in [9.17, 15) is 18.0 Å². The van der Waals surface area contributed by atoms with Gasteiger partial charge in [-0.1, -0.05) is 36.4 Å². The number of alkyl halides is 4. The average molecular weight is 480 g/mol. The lowest BCUT2D eigenvalue weighted by Crippen LogP contribution is -2.68. The number of hydrogen-bond acceptors (Lipinski definition) is 5. The fraction of sp³-hybridized carbons (Fsp3) is 0.458. The first-order chi connectivity index (χ1) is 16.2. The third kappa shape index (κ3) is 5.75. The molecule has 0 aliphatic carbocycles. The van der Waals surface area contributed by atoms with E-state index in [0.717, 1.165) is 41.7 Å². The van der Waals surface area contributed by atoms with E-state index in [-0.39, 0.29) is 12.5 Å². The average Bonchev–Trinajstić information content (AvgIpc) is 3.28. The number of halogens is 4. The Balaban J connectivity index is 1.39. The van der Waals surface area contributed by atoms with Crippen LogP contribution in [0.25, 0.3) is 0 Å². The third-order valence-electron chi connectivity index (χ3n) is 6.45. The standard InChI is InChI=1S/C24H29F4N5O/c25-21-22(30-13-16-5-3-15(4-6-16)12-20(29)34)31-14-32-23(21)33-11-1-2-19(33)17-7-9-18(10-8-17)24(26,27)28/h3-10,19,21-23,30-32H,1-2,11-14H2,(H2,29,34). The number of likely N-dealkylation sites (tertiary alicyclic amines) is 1. The van der Waals surface area contributed by atoms with Gasteiger partial charge in [0, 0.05) is 25.8 Å². The highest BCUT2D eigenvalue weighted by molar-refractivity contribution is 5.76. The molecule has 2 aromatic carbocycles. The Morgan fingerprint density at radius 3 is 2.38 bits per heavy atom. The maximum Gasteiger partial charge on any atom is 0.416 e.